The maximum Gasteiger partial charge on any atom is 0.410 e. The first-order chi connectivity index (χ1) is 36.7. The molecule has 2 amide bonds. The summed E-state index contributed by atoms with van der Waals surface area (Å²) in [6.45, 7) is 18.6. The van der Waals surface area contributed by atoms with Gasteiger partial charge in [-0.1, -0.05) is 26.4 Å². The predicted octanol–water partition coefficient (Wildman–Crippen LogP) is 5.72. The predicted molar refractivity (Wildman–Crippen MR) is 289 cm³/mol. The lowest BCUT2D eigenvalue weighted by Crippen LogP contribution is -2.51. The number of nitrogens with zero attached hydrogens (tertiary/aromatic N) is 13. The number of amides is 2. The molecular weight excluding hydrogens is 1060 g/mol. The summed E-state index contributed by atoms with van der Waals surface area (Å²) in [7, 11) is 0. The van der Waals surface area contributed by atoms with Gasteiger partial charge in [-0.15, -0.1) is 10.2 Å². The van der Waals surface area contributed by atoms with Crippen molar-refractivity contribution in [2.45, 2.75) is 92.3 Å². The van der Waals surface area contributed by atoms with Crippen LogP contribution in [-0.4, -0.2) is 160 Å². The fourth-order valence-electron chi connectivity index (χ4n) is 7.65. The lowest BCUT2D eigenvalue weighted by molar-refractivity contribution is -0.144. The fraction of sp³-hybridized carbons (Fsp3) is 0.462. The average Bonchev–Trinajstić information content (AvgIpc) is 4.16. The van der Waals surface area contributed by atoms with Crippen molar-refractivity contribution in [1.82, 2.24) is 59.3 Å². The smallest absolute Gasteiger partial charge is 0.410 e. The second kappa shape index (κ2) is 27.2. The Morgan fingerprint density at radius 1 is 0.597 bits per heavy atom. The van der Waals surface area contributed by atoms with Crippen molar-refractivity contribution in [2.75, 3.05) is 75.4 Å². The standard InChI is InChI=1S/C26H33N7O5.C18H28N4O5.C8H6BrN3/c1-5-37-22(34)11-6-19-18-32(20-7-9-21(10-8-20)33-13-12-27-29-33)24(35)23(28-19)30-14-16-31(17-15-30)25(36)38-26(2,3)4;1-5-26-14(23)7-6-13-12-19-16(24)15(20-13)21-8-10-22(11-9-21)17(25)27-18(2,3)4;9-7-1-3-8(4-2-7)12-6-5-10-11-12/h7-10,12-13,18H,5-6,11,14-17H2,1-4H3;12H,5-11H2,1-4H3,(H,19,24);1-6H. The van der Waals surface area contributed by atoms with E-state index in [-0.39, 0.29) is 53.9 Å². The number of carbonyl (C=O) groups excluding carboxylic acids is 4. The van der Waals surface area contributed by atoms with Crippen LogP contribution in [0, 0.1) is 0 Å². The van der Waals surface area contributed by atoms with Gasteiger partial charge in [0.25, 0.3) is 11.1 Å². The highest BCUT2D eigenvalue weighted by Crippen LogP contribution is 2.19. The molecular formula is C52H67BrN14O10. The number of esters is 2. The topological polar surface area (TPSA) is 260 Å². The Labute approximate surface area is 454 Å². The number of piperazine rings is 2. The molecule has 2 saturated heterocycles. The van der Waals surface area contributed by atoms with E-state index >= 15 is 0 Å². The summed E-state index contributed by atoms with van der Waals surface area (Å²) in [5.74, 6) is -0.0365. The van der Waals surface area contributed by atoms with Crippen molar-refractivity contribution in [3.8, 4) is 17.1 Å². The lowest BCUT2D eigenvalue weighted by atomic mass is 10.2. The van der Waals surface area contributed by atoms with Gasteiger partial charge >= 0.3 is 24.1 Å². The Kier molecular flexibility index (Phi) is 20.6. The number of aryl methyl sites for hydroxylation is 2. The Bertz CT molecular complexity index is 2980. The maximum absolute atomic E-state index is 13.6. The number of nitrogens with one attached hydrogen (secondary N) is 1. The number of H-pyrrole nitrogens is 1. The highest BCUT2D eigenvalue weighted by molar-refractivity contribution is 9.10. The summed E-state index contributed by atoms with van der Waals surface area (Å²) in [6, 6.07) is 15.2. The summed E-state index contributed by atoms with van der Waals surface area (Å²) < 4.78 is 26.8. The van der Waals surface area contributed by atoms with Crippen LogP contribution < -0.4 is 20.9 Å². The maximum atomic E-state index is 13.6. The van der Waals surface area contributed by atoms with Crippen LogP contribution in [0.2, 0.25) is 0 Å². The van der Waals surface area contributed by atoms with Crippen LogP contribution in [0.4, 0.5) is 21.2 Å². The number of aromatic amines is 1. The van der Waals surface area contributed by atoms with Crippen LogP contribution in [0.3, 0.4) is 0 Å². The summed E-state index contributed by atoms with van der Waals surface area (Å²) in [6.07, 6.45) is 10.3. The zero-order chi connectivity index (χ0) is 55.7. The van der Waals surface area contributed by atoms with Crippen LogP contribution in [-0.2, 0) is 41.4 Å². The third-order valence-electron chi connectivity index (χ3n) is 11.3. The number of anilines is 2. The molecule has 0 saturated carbocycles. The van der Waals surface area contributed by atoms with E-state index in [0.717, 1.165) is 15.8 Å². The van der Waals surface area contributed by atoms with E-state index in [4.69, 9.17) is 18.9 Å². The van der Waals surface area contributed by atoms with Gasteiger partial charge in [0.2, 0.25) is 0 Å². The molecule has 0 unspecified atom stereocenters. The van der Waals surface area contributed by atoms with Crippen molar-refractivity contribution in [3.63, 3.8) is 0 Å². The van der Waals surface area contributed by atoms with Crippen LogP contribution in [0.5, 0.6) is 0 Å². The highest BCUT2D eigenvalue weighted by Gasteiger charge is 2.29. The third-order valence-corrected chi connectivity index (χ3v) is 11.9. The summed E-state index contributed by atoms with van der Waals surface area (Å²) in [4.78, 5) is 92.5. The molecule has 0 radical (unpaired) electrons. The number of carbonyl (C=O) groups is 4. The quantitative estimate of drug-likeness (QED) is 0.107. The van der Waals surface area contributed by atoms with Gasteiger partial charge in [-0.3, -0.25) is 23.7 Å². The van der Waals surface area contributed by atoms with Gasteiger partial charge in [0.05, 0.1) is 73.6 Å². The molecule has 412 valence electrons. The molecule has 2 aliphatic heterocycles. The van der Waals surface area contributed by atoms with E-state index in [1.54, 1.807) is 57.8 Å². The summed E-state index contributed by atoms with van der Waals surface area (Å²) >= 11 is 3.36. The number of halogens is 1. The van der Waals surface area contributed by atoms with Crippen molar-refractivity contribution in [1.29, 1.82) is 0 Å². The molecule has 1 N–H and O–H groups in total. The number of rotatable bonds is 13. The van der Waals surface area contributed by atoms with E-state index in [0.29, 0.717) is 101 Å². The van der Waals surface area contributed by atoms with Gasteiger partial charge in [-0.05, 0) is 104 Å². The van der Waals surface area contributed by atoms with E-state index in [9.17, 15) is 28.8 Å². The van der Waals surface area contributed by atoms with Crippen LogP contribution in [0.25, 0.3) is 17.1 Å². The minimum Gasteiger partial charge on any atom is -0.466 e. The molecule has 6 heterocycles. The van der Waals surface area contributed by atoms with Gasteiger partial charge in [-0.25, -0.2) is 28.9 Å². The first-order valence-electron chi connectivity index (χ1n) is 25.3. The SMILES string of the molecule is Brc1ccc(-n2ccnn2)cc1.CCOC(=O)CCc1c[nH]c(=O)c(N2CCN(C(=O)OC(C)(C)C)CC2)n1.CCOC(=O)CCc1cn(-c2ccc(-n3ccnn3)cc2)c(=O)c(N2CCN(C(=O)OC(C)(C)C)CC2)n1. The average molecular weight is 1130 g/mol. The van der Waals surface area contributed by atoms with Gasteiger partial charge < -0.3 is 43.5 Å². The zero-order valence-electron chi connectivity index (χ0n) is 44.8. The molecule has 2 aromatic carbocycles. The first kappa shape index (κ1) is 58.3. The van der Waals surface area contributed by atoms with E-state index in [2.05, 4.69) is 51.5 Å². The first-order valence-corrected chi connectivity index (χ1v) is 26.1. The minimum atomic E-state index is -0.583. The Morgan fingerprint density at radius 3 is 1.47 bits per heavy atom. The normalized spacial score (nSPS) is 13.6. The van der Waals surface area contributed by atoms with Crippen LogP contribution >= 0.6 is 15.9 Å². The van der Waals surface area contributed by atoms with Crippen molar-refractivity contribution in [3.05, 3.63) is 122 Å². The molecule has 6 aromatic rings. The zero-order valence-corrected chi connectivity index (χ0v) is 46.3. The van der Waals surface area contributed by atoms with Crippen molar-refractivity contribution >= 4 is 51.7 Å². The number of aromatic nitrogens is 10. The minimum absolute atomic E-state index is 0.149. The van der Waals surface area contributed by atoms with Gasteiger partial charge in [0.1, 0.15) is 11.2 Å². The van der Waals surface area contributed by atoms with Gasteiger partial charge in [0.15, 0.2) is 11.6 Å². The lowest BCUT2D eigenvalue weighted by Gasteiger charge is -2.36. The summed E-state index contributed by atoms with van der Waals surface area (Å²) in [5, 5.41) is 15.4. The second-order valence-corrected chi connectivity index (χ2v) is 20.4. The van der Waals surface area contributed by atoms with Gasteiger partial charge in [-0.2, -0.15) is 0 Å². The molecule has 24 nitrogen and oxygen atoms in total. The third kappa shape index (κ3) is 17.8. The van der Waals surface area contributed by atoms with E-state index in [1.165, 1.54) is 10.8 Å². The molecule has 0 spiro atoms. The van der Waals surface area contributed by atoms with E-state index < -0.39 is 11.2 Å². The Balaban J connectivity index is 0.000000212. The molecule has 0 atom stereocenters. The molecule has 2 fully saturated rings. The Hall–Kier alpha value is -7.96. The molecule has 77 heavy (non-hydrogen) atoms. The monoisotopic (exact) mass is 1130 g/mol. The number of hydrogen-bond acceptors (Lipinski definition) is 18. The second-order valence-electron chi connectivity index (χ2n) is 19.5. The number of ether oxygens (including phenoxy) is 4. The van der Waals surface area contributed by atoms with Gasteiger partial charge in [0, 0.05) is 87.8 Å². The molecule has 0 aliphatic carbocycles. The van der Waals surface area contributed by atoms with Crippen LogP contribution in [0.15, 0.2) is 99.8 Å². The largest absolute Gasteiger partial charge is 0.466 e. The molecule has 8 rings (SSSR count). The molecule has 25 heteroatoms. The number of hydrogen-bond donors (Lipinski definition) is 1. The van der Waals surface area contributed by atoms with Crippen molar-refractivity contribution in [2.24, 2.45) is 0 Å². The molecule has 2 aliphatic rings. The fourth-order valence-corrected chi connectivity index (χ4v) is 7.92. The van der Waals surface area contributed by atoms with Crippen LogP contribution in [0.1, 0.15) is 79.6 Å². The van der Waals surface area contributed by atoms with E-state index in [1.807, 2.05) is 106 Å². The van der Waals surface area contributed by atoms with Crippen molar-refractivity contribution < 1.29 is 38.1 Å². The number of benzene rings is 2. The highest BCUT2D eigenvalue weighted by atomic mass is 79.9. The Morgan fingerprint density at radius 2 is 1.03 bits per heavy atom. The molecule has 0 bridgehead atoms. The molecule has 4 aromatic heterocycles. The summed E-state index contributed by atoms with van der Waals surface area (Å²) in [5.41, 5.74) is 1.96.